The Kier molecular flexibility index (Phi) is 10.2. The number of hydrogen-bond acceptors (Lipinski definition) is 10. The van der Waals surface area contributed by atoms with Crippen LogP contribution >= 0.6 is 0 Å². The Morgan fingerprint density at radius 1 is 0.979 bits per heavy atom. The van der Waals surface area contributed by atoms with Crippen molar-refractivity contribution in [3.8, 4) is 0 Å². The van der Waals surface area contributed by atoms with Gasteiger partial charge in [0, 0.05) is 67.7 Å². The van der Waals surface area contributed by atoms with Crippen LogP contribution in [0.3, 0.4) is 0 Å². The van der Waals surface area contributed by atoms with Crippen LogP contribution in [0.4, 0.5) is 25.0 Å². The third-order valence-corrected chi connectivity index (χ3v) is 9.67. The normalized spacial score (nSPS) is 14.7. The summed E-state index contributed by atoms with van der Waals surface area (Å²) in [5, 5.41) is 7.94. The van der Waals surface area contributed by atoms with Gasteiger partial charge in [0.25, 0.3) is 0 Å². The first-order chi connectivity index (χ1) is 22.4. The van der Waals surface area contributed by atoms with E-state index in [1.807, 2.05) is 19.1 Å². The molecule has 0 spiro atoms. The highest BCUT2D eigenvalue weighted by molar-refractivity contribution is 7.91. The lowest BCUT2D eigenvalue weighted by Crippen LogP contribution is -2.44. The van der Waals surface area contributed by atoms with Gasteiger partial charge in [-0.25, -0.2) is 22.0 Å². The lowest BCUT2D eigenvalue weighted by molar-refractivity contribution is 0.0992. The number of ketones is 1. The molecule has 0 amide bonds. The predicted molar refractivity (Wildman–Crippen MR) is 173 cm³/mol. The molecule has 1 aliphatic rings. The molecule has 1 atom stereocenters. The molecule has 0 bridgehead atoms. The number of sulfone groups is 1. The van der Waals surface area contributed by atoms with E-state index in [0.717, 1.165) is 48.7 Å². The average Bonchev–Trinajstić information content (AvgIpc) is 3.38. The van der Waals surface area contributed by atoms with Gasteiger partial charge in [0.15, 0.2) is 5.78 Å². The lowest BCUT2D eigenvalue weighted by Gasteiger charge is -2.34. The summed E-state index contributed by atoms with van der Waals surface area (Å²) < 4.78 is 66.1. The number of methoxy groups -OCH3 is 1. The van der Waals surface area contributed by atoms with E-state index in [0.29, 0.717) is 23.9 Å². The Hall–Kier alpha value is -4.40. The van der Waals surface area contributed by atoms with Crippen LogP contribution < -0.4 is 10.2 Å². The highest BCUT2D eigenvalue weighted by atomic mass is 32.2. The van der Waals surface area contributed by atoms with E-state index in [4.69, 9.17) is 9.47 Å². The predicted octanol–water partition coefficient (Wildman–Crippen LogP) is 4.78. The van der Waals surface area contributed by atoms with Gasteiger partial charge in [-0.2, -0.15) is 9.78 Å². The molecule has 3 aromatic carbocycles. The molecule has 1 saturated heterocycles. The molecule has 250 valence electrons. The number of ether oxygens (including phenoxy) is 2. The Labute approximate surface area is 272 Å². The van der Waals surface area contributed by atoms with E-state index < -0.39 is 32.5 Å². The van der Waals surface area contributed by atoms with Crippen LogP contribution in [-0.4, -0.2) is 94.6 Å². The zero-order valence-electron chi connectivity index (χ0n) is 26.6. The largest absolute Gasteiger partial charge is 0.448 e. The van der Waals surface area contributed by atoms with Gasteiger partial charge in [0.1, 0.15) is 11.6 Å². The number of carbonyl (C=O) groups is 2. The van der Waals surface area contributed by atoms with Crippen LogP contribution in [0.15, 0.2) is 64.4 Å². The first-order valence-corrected chi connectivity index (χ1v) is 16.7. The van der Waals surface area contributed by atoms with Gasteiger partial charge in [0.2, 0.25) is 9.84 Å². The molecule has 0 radical (unpaired) electrons. The van der Waals surface area contributed by atoms with Gasteiger partial charge in [0.05, 0.1) is 40.6 Å². The molecule has 1 N–H and O–H groups in total. The second kappa shape index (κ2) is 14.2. The van der Waals surface area contributed by atoms with Crippen molar-refractivity contribution in [2.24, 2.45) is 0 Å². The number of nitrogens with one attached hydrogen (secondary N) is 1. The highest BCUT2D eigenvalue weighted by Gasteiger charge is 2.26. The molecule has 5 rings (SSSR count). The second-order valence-electron chi connectivity index (χ2n) is 11.5. The van der Waals surface area contributed by atoms with Crippen LogP contribution in [0, 0.1) is 11.6 Å². The molecule has 0 aliphatic carbocycles. The van der Waals surface area contributed by atoms with Gasteiger partial charge in [-0.3, -0.25) is 4.79 Å². The molecule has 11 nitrogen and oxygen atoms in total. The summed E-state index contributed by atoms with van der Waals surface area (Å²) in [6.45, 7) is 7.50. The fourth-order valence-electron chi connectivity index (χ4n) is 5.56. The fraction of sp³-hybridized carbons (Fsp3) is 0.364. The number of piperazine rings is 1. The molecular formula is C33H37F2N5O6S. The summed E-state index contributed by atoms with van der Waals surface area (Å²) in [6.07, 6.45) is -1.10. The zero-order valence-corrected chi connectivity index (χ0v) is 27.4. The maximum atomic E-state index is 14.0. The van der Waals surface area contributed by atoms with Crippen molar-refractivity contribution in [2.45, 2.75) is 36.1 Å². The Bertz CT molecular complexity index is 1890. The maximum Gasteiger partial charge on any atom is 0.435 e. The molecule has 1 aliphatic heterocycles. The van der Waals surface area contributed by atoms with Crippen LogP contribution in [0.5, 0.6) is 0 Å². The lowest BCUT2D eigenvalue weighted by atomic mass is 10.0. The number of likely N-dealkylation sites (N-methyl/N-ethyl adjacent to an activating group) is 1. The van der Waals surface area contributed by atoms with Crippen LogP contribution in [0.2, 0.25) is 0 Å². The SMILES string of the molecule is CCOC(=O)n1nc(CC(=O)c2ccc(N3CCN(C)CC3)cc2N[C@@H](C)COC)c2cc(S(=O)(=O)c3cc(F)cc(F)c3)ccc21. The van der Waals surface area contributed by atoms with Crippen molar-refractivity contribution in [3.63, 3.8) is 0 Å². The minimum Gasteiger partial charge on any atom is -0.448 e. The summed E-state index contributed by atoms with van der Waals surface area (Å²) in [5.74, 6) is -2.43. The monoisotopic (exact) mass is 669 g/mol. The third-order valence-electron chi connectivity index (χ3n) is 7.94. The minimum atomic E-state index is -4.39. The molecule has 4 aromatic rings. The van der Waals surface area contributed by atoms with Crippen LogP contribution in [0.1, 0.15) is 29.9 Å². The third kappa shape index (κ3) is 7.45. The standard InChI is InChI=1S/C33H37F2N5O6S/c1-5-46-33(42)40-31-9-7-25(47(43,44)26-15-22(34)14-23(35)16-26)18-28(31)30(37-40)19-32(41)27-8-6-24(39-12-10-38(3)11-13-39)17-29(27)36-21(2)20-45-4/h6-9,14-18,21,36H,5,10-13,19-20H2,1-4H3/t21-/m0/s1. The Morgan fingerprint density at radius 2 is 1.68 bits per heavy atom. The molecule has 14 heteroatoms. The summed E-state index contributed by atoms with van der Waals surface area (Å²) in [6, 6.07) is 11.3. The number of rotatable bonds is 11. The van der Waals surface area contributed by atoms with Gasteiger partial charge in [-0.1, -0.05) is 0 Å². The molecular weight excluding hydrogens is 632 g/mol. The molecule has 47 heavy (non-hydrogen) atoms. The summed E-state index contributed by atoms with van der Waals surface area (Å²) in [7, 11) is -0.719. The van der Waals surface area contributed by atoms with Crippen molar-refractivity contribution in [1.29, 1.82) is 0 Å². The quantitative estimate of drug-likeness (QED) is 0.223. The maximum absolute atomic E-state index is 14.0. The molecule has 2 heterocycles. The first-order valence-electron chi connectivity index (χ1n) is 15.2. The van der Waals surface area contributed by atoms with E-state index >= 15 is 0 Å². The summed E-state index contributed by atoms with van der Waals surface area (Å²) >= 11 is 0. The van der Waals surface area contributed by atoms with E-state index in [1.165, 1.54) is 18.2 Å². The van der Waals surface area contributed by atoms with Crippen molar-refractivity contribution in [1.82, 2.24) is 14.7 Å². The average molecular weight is 670 g/mol. The van der Waals surface area contributed by atoms with Gasteiger partial charge in [-0.15, -0.1) is 0 Å². The number of nitrogens with zero attached hydrogens (tertiary/aromatic N) is 4. The molecule has 1 aromatic heterocycles. The van der Waals surface area contributed by atoms with Crippen molar-refractivity contribution in [2.75, 3.05) is 63.8 Å². The number of hydrogen-bond donors (Lipinski definition) is 1. The van der Waals surface area contributed by atoms with Gasteiger partial charge in [-0.05, 0) is 69.4 Å². The number of carbonyl (C=O) groups excluding carboxylic acids is 2. The Morgan fingerprint density at radius 3 is 2.34 bits per heavy atom. The second-order valence-corrected chi connectivity index (χ2v) is 13.4. The van der Waals surface area contributed by atoms with E-state index in [9.17, 15) is 26.8 Å². The van der Waals surface area contributed by atoms with Crippen LogP contribution in [0.25, 0.3) is 10.9 Å². The molecule has 1 fully saturated rings. The first kappa shape index (κ1) is 33.9. The summed E-state index contributed by atoms with van der Waals surface area (Å²) in [5.41, 5.74) is 2.26. The van der Waals surface area contributed by atoms with Crippen molar-refractivity contribution in [3.05, 3.63) is 77.5 Å². The van der Waals surface area contributed by atoms with E-state index in [1.54, 1.807) is 20.1 Å². The highest BCUT2D eigenvalue weighted by Crippen LogP contribution is 2.31. The van der Waals surface area contributed by atoms with E-state index in [2.05, 4.69) is 27.3 Å². The van der Waals surface area contributed by atoms with Crippen molar-refractivity contribution >= 4 is 44.0 Å². The topological polar surface area (TPSA) is 123 Å². The van der Waals surface area contributed by atoms with Gasteiger partial charge < -0.3 is 24.6 Å². The number of fused-ring (bicyclic) bond motifs is 1. The van der Waals surface area contributed by atoms with E-state index in [-0.39, 0.29) is 46.3 Å². The Balaban J connectivity index is 1.55. The molecule has 0 saturated carbocycles. The fourth-order valence-corrected chi connectivity index (χ4v) is 6.89. The van der Waals surface area contributed by atoms with Crippen LogP contribution in [-0.2, 0) is 25.7 Å². The smallest absolute Gasteiger partial charge is 0.435 e. The molecule has 0 unspecified atom stereocenters. The number of benzene rings is 3. The van der Waals surface area contributed by atoms with Gasteiger partial charge >= 0.3 is 6.09 Å². The zero-order chi connectivity index (χ0) is 33.9. The number of anilines is 2. The minimum absolute atomic E-state index is 0.0559. The summed E-state index contributed by atoms with van der Waals surface area (Å²) in [4.78, 5) is 30.4. The number of halogens is 2. The number of aromatic nitrogens is 2. The number of Topliss-reactive ketones (excluding diaryl/α,β-unsaturated/α-hetero) is 1. The van der Waals surface area contributed by atoms with Crippen molar-refractivity contribution < 1.29 is 36.3 Å².